The van der Waals surface area contributed by atoms with Crippen molar-refractivity contribution in [2.75, 3.05) is 18.5 Å². The molecule has 0 saturated carbocycles. The number of rotatable bonds is 6. The number of ether oxygens (including phenoxy) is 2. The van der Waals surface area contributed by atoms with Crippen molar-refractivity contribution in [3.8, 4) is 11.5 Å². The highest BCUT2D eigenvalue weighted by atomic mass is 35.5. The number of hydrogen-bond donors (Lipinski definition) is 1. The lowest BCUT2D eigenvalue weighted by Gasteiger charge is -2.14. The van der Waals surface area contributed by atoms with Gasteiger partial charge in [-0.1, -0.05) is 70.1 Å². The van der Waals surface area contributed by atoms with E-state index in [0.717, 1.165) is 0 Å². The molecule has 0 heterocycles. The van der Waals surface area contributed by atoms with Gasteiger partial charge < -0.3 is 14.8 Å². The van der Waals surface area contributed by atoms with Gasteiger partial charge in [0.2, 0.25) is 0 Å². The van der Waals surface area contributed by atoms with Crippen LogP contribution in [-0.2, 0) is 4.79 Å². The third-order valence-corrected chi connectivity index (χ3v) is 5.22. The smallest absolute Gasteiger partial charge is 0.262 e. The van der Waals surface area contributed by atoms with Gasteiger partial charge in [-0.25, -0.2) is 0 Å². The Labute approximate surface area is 169 Å². The van der Waals surface area contributed by atoms with E-state index in [1.807, 2.05) is 6.92 Å². The Morgan fingerprint density at radius 2 is 1.48 bits per heavy atom. The third-order valence-electron chi connectivity index (χ3n) is 2.98. The van der Waals surface area contributed by atoms with E-state index >= 15 is 0 Å². The zero-order chi connectivity index (χ0) is 18.6. The van der Waals surface area contributed by atoms with Gasteiger partial charge in [0.1, 0.15) is 15.8 Å². The summed E-state index contributed by atoms with van der Waals surface area (Å²) in [4.78, 5) is 12.1. The molecule has 0 radical (unpaired) electrons. The molecule has 0 saturated heterocycles. The van der Waals surface area contributed by atoms with Crippen LogP contribution in [0.1, 0.15) is 6.92 Å². The predicted molar refractivity (Wildman–Crippen MR) is 103 cm³/mol. The largest absolute Gasteiger partial charge is 0.492 e. The standard InChI is InChI=1S/C16H12Cl5NO3/c1-2-24-9-6-4-3-5-8(9)22-10(23)7-25-16-14(20)12(18)11(17)13(19)15(16)21/h3-6H,2,7H2,1H3,(H,22,23). The van der Waals surface area contributed by atoms with Crippen molar-refractivity contribution in [1.82, 2.24) is 0 Å². The highest BCUT2D eigenvalue weighted by molar-refractivity contribution is 6.55. The van der Waals surface area contributed by atoms with E-state index in [-0.39, 0.29) is 37.5 Å². The molecule has 4 nitrogen and oxygen atoms in total. The zero-order valence-corrected chi connectivity index (χ0v) is 16.6. The Morgan fingerprint density at radius 1 is 0.920 bits per heavy atom. The lowest BCUT2D eigenvalue weighted by Crippen LogP contribution is -2.21. The van der Waals surface area contributed by atoms with Crippen LogP contribution in [-0.4, -0.2) is 19.1 Å². The molecule has 2 aromatic carbocycles. The van der Waals surface area contributed by atoms with Gasteiger partial charge in [0.05, 0.1) is 27.4 Å². The molecule has 0 spiro atoms. The number of carbonyl (C=O) groups is 1. The van der Waals surface area contributed by atoms with Gasteiger partial charge in [0.15, 0.2) is 12.4 Å². The van der Waals surface area contributed by atoms with Gasteiger partial charge in [-0.15, -0.1) is 0 Å². The molecule has 0 aliphatic carbocycles. The van der Waals surface area contributed by atoms with E-state index in [1.54, 1.807) is 24.3 Å². The second-order valence-electron chi connectivity index (χ2n) is 4.67. The molecule has 134 valence electrons. The maximum Gasteiger partial charge on any atom is 0.262 e. The Bertz CT molecular complexity index is 769. The number of halogens is 5. The van der Waals surface area contributed by atoms with E-state index < -0.39 is 5.91 Å². The fourth-order valence-electron chi connectivity index (χ4n) is 1.89. The van der Waals surface area contributed by atoms with Crippen LogP contribution in [0, 0.1) is 0 Å². The summed E-state index contributed by atoms with van der Waals surface area (Å²) in [5.74, 6) is 0.0875. The minimum absolute atomic E-state index is 0.00478. The van der Waals surface area contributed by atoms with Crippen LogP contribution in [0.2, 0.25) is 25.1 Å². The molecule has 9 heteroatoms. The molecule has 1 N–H and O–H groups in total. The number of carbonyl (C=O) groups excluding carboxylic acids is 1. The van der Waals surface area contributed by atoms with Crippen LogP contribution in [0.15, 0.2) is 24.3 Å². The minimum atomic E-state index is -0.443. The first-order valence-electron chi connectivity index (χ1n) is 7.02. The average Bonchev–Trinajstić information content (AvgIpc) is 2.60. The topological polar surface area (TPSA) is 47.6 Å². The van der Waals surface area contributed by atoms with Gasteiger partial charge in [-0.05, 0) is 19.1 Å². The van der Waals surface area contributed by atoms with Gasteiger partial charge in [0, 0.05) is 0 Å². The number of amides is 1. The van der Waals surface area contributed by atoms with Gasteiger partial charge in [-0.2, -0.15) is 0 Å². The molecule has 0 bridgehead atoms. The van der Waals surface area contributed by atoms with Crippen LogP contribution < -0.4 is 14.8 Å². The number of anilines is 1. The van der Waals surface area contributed by atoms with E-state index in [0.29, 0.717) is 18.0 Å². The second kappa shape index (κ2) is 9.06. The number of nitrogens with one attached hydrogen (secondary N) is 1. The first kappa shape index (κ1) is 20.3. The van der Waals surface area contributed by atoms with E-state index in [1.165, 1.54) is 0 Å². The molecule has 2 aromatic rings. The minimum Gasteiger partial charge on any atom is -0.492 e. The van der Waals surface area contributed by atoms with Crippen molar-refractivity contribution in [3.63, 3.8) is 0 Å². The fraction of sp³-hybridized carbons (Fsp3) is 0.188. The van der Waals surface area contributed by atoms with Crippen molar-refractivity contribution in [2.45, 2.75) is 6.92 Å². The van der Waals surface area contributed by atoms with Crippen LogP contribution in [0.5, 0.6) is 11.5 Å². The Morgan fingerprint density at radius 3 is 2.08 bits per heavy atom. The van der Waals surface area contributed by atoms with E-state index in [2.05, 4.69) is 5.32 Å². The Balaban J connectivity index is 2.11. The second-order valence-corrected chi connectivity index (χ2v) is 6.55. The first-order valence-corrected chi connectivity index (χ1v) is 8.91. The highest BCUT2D eigenvalue weighted by Crippen LogP contribution is 2.48. The third kappa shape index (κ3) is 4.78. The number of para-hydroxylation sites is 2. The molecule has 0 unspecified atom stereocenters. The monoisotopic (exact) mass is 441 g/mol. The van der Waals surface area contributed by atoms with Gasteiger partial charge in [-0.3, -0.25) is 4.79 Å². The summed E-state index contributed by atoms with van der Waals surface area (Å²) in [6.45, 7) is 1.95. The molecule has 2 rings (SSSR count). The maximum atomic E-state index is 12.1. The lowest BCUT2D eigenvalue weighted by molar-refractivity contribution is -0.118. The summed E-state index contributed by atoms with van der Waals surface area (Å²) in [7, 11) is 0. The zero-order valence-electron chi connectivity index (χ0n) is 12.8. The van der Waals surface area contributed by atoms with Crippen molar-refractivity contribution < 1.29 is 14.3 Å². The van der Waals surface area contributed by atoms with E-state index in [4.69, 9.17) is 67.5 Å². The summed E-state index contributed by atoms with van der Waals surface area (Å²) < 4.78 is 10.8. The molecular weight excluding hydrogens is 431 g/mol. The lowest BCUT2D eigenvalue weighted by atomic mass is 10.3. The molecular formula is C16H12Cl5NO3. The molecule has 0 atom stereocenters. The highest BCUT2D eigenvalue weighted by Gasteiger charge is 2.21. The summed E-state index contributed by atoms with van der Waals surface area (Å²) >= 11 is 29.9. The molecule has 0 aromatic heterocycles. The van der Waals surface area contributed by atoms with Gasteiger partial charge in [0.25, 0.3) is 5.91 Å². The summed E-state index contributed by atoms with van der Waals surface area (Å²) in [6, 6.07) is 7.02. The van der Waals surface area contributed by atoms with Crippen molar-refractivity contribution in [3.05, 3.63) is 49.4 Å². The summed E-state index contributed by atoms with van der Waals surface area (Å²) in [5.41, 5.74) is 0.516. The maximum absolute atomic E-state index is 12.1. The van der Waals surface area contributed by atoms with E-state index in [9.17, 15) is 4.79 Å². The van der Waals surface area contributed by atoms with Crippen LogP contribution in [0.25, 0.3) is 0 Å². The fourth-order valence-corrected chi connectivity index (χ4v) is 3.12. The normalized spacial score (nSPS) is 10.5. The molecule has 0 aliphatic heterocycles. The van der Waals surface area contributed by atoms with Crippen molar-refractivity contribution >= 4 is 69.6 Å². The summed E-state index contributed by atoms with van der Waals surface area (Å²) in [5, 5.41) is 2.63. The first-order chi connectivity index (χ1) is 11.9. The molecule has 0 aliphatic rings. The SMILES string of the molecule is CCOc1ccccc1NC(=O)COc1c(Cl)c(Cl)c(Cl)c(Cl)c1Cl. The molecule has 0 fully saturated rings. The Hall–Kier alpha value is -1.04. The quantitative estimate of drug-likeness (QED) is 0.417. The summed E-state index contributed by atoms with van der Waals surface area (Å²) in [6.07, 6.45) is 0. The van der Waals surface area contributed by atoms with Crippen LogP contribution in [0.3, 0.4) is 0 Å². The molecule has 1 amide bonds. The number of hydrogen-bond acceptors (Lipinski definition) is 3. The van der Waals surface area contributed by atoms with Crippen molar-refractivity contribution in [1.29, 1.82) is 0 Å². The number of benzene rings is 2. The predicted octanol–water partition coefficient (Wildman–Crippen LogP) is 6.37. The van der Waals surface area contributed by atoms with Crippen LogP contribution in [0.4, 0.5) is 5.69 Å². The van der Waals surface area contributed by atoms with Crippen molar-refractivity contribution in [2.24, 2.45) is 0 Å². The van der Waals surface area contributed by atoms with Crippen LogP contribution >= 0.6 is 58.0 Å². The molecule has 25 heavy (non-hydrogen) atoms. The Kier molecular flexibility index (Phi) is 7.35. The average molecular weight is 444 g/mol. The van der Waals surface area contributed by atoms with Gasteiger partial charge >= 0.3 is 0 Å².